The maximum absolute atomic E-state index is 13.4. The van der Waals surface area contributed by atoms with E-state index < -0.39 is 0 Å². The number of nitrogens with zero attached hydrogens (tertiary/aromatic N) is 2. The van der Waals surface area contributed by atoms with E-state index in [1.807, 2.05) is 24.4 Å². The third kappa shape index (κ3) is 3.68. The Hall–Kier alpha value is -2.53. The molecule has 2 aromatic carbocycles. The van der Waals surface area contributed by atoms with Crippen molar-refractivity contribution in [3.05, 3.63) is 70.4 Å². The van der Waals surface area contributed by atoms with Gasteiger partial charge in [-0.2, -0.15) is 5.10 Å². The summed E-state index contributed by atoms with van der Waals surface area (Å²) in [6, 6.07) is 13.2. The van der Waals surface area contributed by atoms with Crippen molar-refractivity contribution in [2.45, 2.75) is 20.8 Å². The largest absolute Gasteiger partial charge is 0.252 e. The first-order valence-electron chi connectivity index (χ1n) is 7.62. The fourth-order valence-corrected chi connectivity index (χ4v) is 2.91. The van der Waals surface area contributed by atoms with E-state index in [4.69, 9.17) is 0 Å². The second-order valence-electron chi connectivity index (χ2n) is 5.68. The predicted molar refractivity (Wildman–Crippen MR) is 99.3 cm³/mol. The number of hydrogen-bond donors (Lipinski definition) is 1. The summed E-state index contributed by atoms with van der Waals surface area (Å²) < 4.78 is 13.4. The van der Waals surface area contributed by atoms with Crippen LogP contribution in [0.3, 0.4) is 0 Å². The summed E-state index contributed by atoms with van der Waals surface area (Å²) in [5.41, 5.74) is 8.51. The summed E-state index contributed by atoms with van der Waals surface area (Å²) >= 11 is 1.47. The van der Waals surface area contributed by atoms with Crippen LogP contribution in [-0.4, -0.2) is 10.7 Å². The van der Waals surface area contributed by atoms with Gasteiger partial charge in [0.2, 0.25) is 5.13 Å². The number of aryl methyl sites for hydroxylation is 2. The molecule has 1 N–H and O–H groups in total. The van der Waals surface area contributed by atoms with Crippen molar-refractivity contribution in [1.29, 1.82) is 0 Å². The summed E-state index contributed by atoms with van der Waals surface area (Å²) in [6.45, 7) is 5.76. The smallest absolute Gasteiger partial charge is 0.203 e. The molecule has 0 radical (unpaired) electrons. The number of aromatic nitrogens is 1. The van der Waals surface area contributed by atoms with E-state index in [2.05, 4.69) is 34.6 Å². The van der Waals surface area contributed by atoms with E-state index in [9.17, 15) is 4.39 Å². The number of rotatable bonds is 4. The normalized spacial score (nSPS) is 11.6. The molecule has 3 rings (SSSR count). The van der Waals surface area contributed by atoms with Gasteiger partial charge in [0.15, 0.2) is 0 Å². The Morgan fingerprint density at radius 3 is 2.58 bits per heavy atom. The first-order chi connectivity index (χ1) is 11.5. The van der Waals surface area contributed by atoms with E-state index >= 15 is 0 Å². The third-order valence-electron chi connectivity index (χ3n) is 3.75. The number of halogens is 1. The molecule has 1 aromatic heterocycles. The highest BCUT2D eigenvalue weighted by Gasteiger charge is 2.06. The number of hydrazone groups is 1. The van der Waals surface area contributed by atoms with E-state index in [-0.39, 0.29) is 5.82 Å². The number of benzene rings is 2. The monoisotopic (exact) mass is 339 g/mol. The highest BCUT2D eigenvalue weighted by Crippen LogP contribution is 2.26. The van der Waals surface area contributed by atoms with E-state index in [1.54, 1.807) is 19.1 Å². The van der Waals surface area contributed by atoms with Gasteiger partial charge in [-0.15, -0.1) is 11.3 Å². The summed E-state index contributed by atoms with van der Waals surface area (Å²) in [4.78, 5) is 4.51. The molecule has 0 saturated heterocycles. The Morgan fingerprint density at radius 1 is 1.12 bits per heavy atom. The molecule has 0 amide bonds. The Bertz CT molecular complexity index is 882. The second kappa shape index (κ2) is 6.93. The van der Waals surface area contributed by atoms with E-state index in [0.717, 1.165) is 22.5 Å². The van der Waals surface area contributed by atoms with Crippen LogP contribution >= 0.6 is 11.3 Å². The van der Waals surface area contributed by atoms with Crippen LogP contribution in [0.15, 0.2) is 52.9 Å². The first-order valence-corrected chi connectivity index (χ1v) is 8.50. The molecule has 1 heterocycles. The lowest BCUT2D eigenvalue weighted by Gasteiger charge is -2.02. The van der Waals surface area contributed by atoms with Crippen LogP contribution in [-0.2, 0) is 0 Å². The van der Waals surface area contributed by atoms with Crippen LogP contribution in [0, 0.1) is 19.7 Å². The molecule has 0 saturated carbocycles. The van der Waals surface area contributed by atoms with Gasteiger partial charge in [-0.3, -0.25) is 5.43 Å². The Kier molecular flexibility index (Phi) is 4.71. The van der Waals surface area contributed by atoms with Crippen molar-refractivity contribution in [1.82, 2.24) is 4.98 Å². The number of hydrogen-bond acceptors (Lipinski definition) is 4. The van der Waals surface area contributed by atoms with Crippen molar-refractivity contribution in [2.24, 2.45) is 5.10 Å². The topological polar surface area (TPSA) is 37.3 Å². The Morgan fingerprint density at radius 2 is 1.88 bits per heavy atom. The van der Waals surface area contributed by atoms with E-state index in [0.29, 0.717) is 10.7 Å². The van der Waals surface area contributed by atoms with Gasteiger partial charge in [-0.25, -0.2) is 9.37 Å². The molecule has 3 nitrogen and oxygen atoms in total. The van der Waals surface area contributed by atoms with Gasteiger partial charge in [0, 0.05) is 10.9 Å². The van der Waals surface area contributed by atoms with Gasteiger partial charge >= 0.3 is 0 Å². The summed E-state index contributed by atoms with van der Waals surface area (Å²) in [5.74, 6) is -0.203. The summed E-state index contributed by atoms with van der Waals surface area (Å²) in [7, 11) is 0. The zero-order valence-electron chi connectivity index (χ0n) is 13.8. The third-order valence-corrected chi connectivity index (χ3v) is 4.49. The summed E-state index contributed by atoms with van der Waals surface area (Å²) in [5, 5.41) is 7.03. The minimum absolute atomic E-state index is 0.203. The first kappa shape index (κ1) is 16.3. The Labute approximate surface area is 144 Å². The predicted octanol–water partition coefficient (Wildman–Crippen LogP) is 5.40. The van der Waals surface area contributed by atoms with Gasteiger partial charge in [0.05, 0.1) is 11.4 Å². The van der Waals surface area contributed by atoms with Crippen LogP contribution in [0.25, 0.3) is 11.3 Å². The minimum atomic E-state index is -0.203. The SMILES string of the molecule is C/C(=N\Nc1nc(-c2ccc(F)c(C)c2)cs1)c1ccc(C)cc1. The van der Waals surface area contributed by atoms with Crippen molar-refractivity contribution >= 4 is 22.2 Å². The molecule has 0 aliphatic heterocycles. The van der Waals surface area contributed by atoms with Crippen molar-refractivity contribution in [3.8, 4) is 11.3 Å². The quantitative estimate of drug-likeness (QED) is 0.510. The molecule has 0 unspecified atom stereocenters. The van der Waals surface area contributed by atoms with Crippen LogP contribution < -0.4 is 5.43 Å². The Balaban J connectivity index is 1.75. The minimum Gasteiger partial charge on any atom is -0.252 e. The lowest BCUT2D eigenvalue weighted by atomic mass is 10.1. The van der Waals surface area contributed by atoms with Gasteiger partial charge in [0.25, 0.3) is 0 Å². The van der Waals surface area contributed by atoms with Crippen LogP contribution in [0.5, 0.6) is 0 Å². The van der Waals surface area contributed by atoms with Crippen LogP contribution in [0.2, 0.25) is 0 Å². The molecule has 0 bridgehead atoms. The fourth-order valence-electron chi connectivity index (χ4n) is 2.25. The average Bonchev–Trinajstić information content (AvgIpc) is 3.05. The van der Waals surface area contributed by atoms with E-state index in [1.165, 1.54) is 23.0 Å². The van der Waals surface area contributed by atoms with Gasteiger partial charge in [-0.05, 0) is 50.1 Å². The van der Waals surface area contributed by atoms with Gasteiger partial charge < -0.3 is 0 Å². The summed E-state index contributed by atoms with van der Waals surface area (Å²) in [6.07, 6.45) is 0. The van der Waals surface area contributed by atoms with Gasteiger partial charge in [-0.1, -0.05) is 29.8 Å². The molecule has 122 valence electrons. The molecule has 5 heteroatoms. The lowest BCUT2D eigenvalue weighted by Crippen LogP contribution is -1.99. The molecular weight excluding hydrogens is 321 g/mol. The van der Waals surface area contributed by atoms with Crippen molar-refractivity contribution in [3.63, 3.8) is 0 Å². The number of anilines is 1. The number of thiazole rings is 1. The maximum Gasteiger partial charge on any atom is 0.203 e. The molecule has 0 aliphatic carbocycles. The highest BCUT2D eigenvalue weighted by atomic mass is 32.1. The molecule has 0 fully saturated rings. The molecule has 3 aromatic rings. The molecule has 0 aliphatic rings. The lowest BCUT2D eigenvalue weighted by molar-refractivity contribution is 0.619. The second-order valence-corrected chi connectivity index (χ2v) is 6.54. The maximum atomic E-state index is 13.4. The molecule has 0 spiro atoms. The zero-order chi connectivity index (χ0) is 17.1. The fraction of sp³-hybridized carbons (Fsp3) is 0.158. The molecular formula is C19H18FN3S. The highest BCUT2D eigenvalue weighted by molar-refractivity contribution is 7.14. The standard InChI is InChI=1S/C19H18FN3S/c1-12-4-6-15(7-5-12)14(3)22-23-19-21-18(11-24-19)16-8-9-17(20)13(2)10-16/h4-11H,1-3H3,(H,21,23)/b22-14+. The zero-order valence-corrected chi connectivity index (χ0v) is 14.6. The van der Waals surface area contributed by atoms with Crippen molar-refractivity contribution < 1.29 is 4.39 Å². The van der Waals surface area contributed by atoms with Crippen LogP contribution in [0.4, 0.5) is 9.52 Å². The van der Waals surface area contributed by atoms with Crippen LogP contribution in [0.1, 0.15) is 23.6 Å². The van der Waals surface area contributed by atoms with Gasteiger partial charge in [0.1, 0.15) is 5.82 Å². The molecule has 24 heavy (non-hydrogen) atoms. The number of nitrogens with one attached hydrogen (secondary N) is 1. The average molecular weight is 339 g/mol. The van der Waals surface area contributed by atoms with Crippen molar-refractivity contribution in [2.75, 3.05) is 5.43 Å². The molecule has 0 atom stereocenters.